The van der Waals surface area contributed by atoms with E-state index in [2.05, 4.69) is 43.4 Å². The van der Waals surface area contributed by atoms with Crippen LogP contribution in [-0.2, 0) is 11.2 Å². The molecule has 0 aliphatic carbocycles. The molecule has 4 nitrogen and oxygen atoms in total. The maximum atomic E-state index is 12.7. The molecule has 1 aromatic carbocycles. The summed E-state index contributed by atoms with van der Waals surface area (Å²) in [6, 6.07) is 12.3. The van der Waals surface area contributed by atoms with Crippen LogP contribution in [0.2, 0.25) is 0 Å². The maximum Gasteiger partial charge on any atom is 0.263 e. The van der Waals surface area contributed by atoms with Crippen molar-refractivity contribution in [2.75, 3.05) is 13.1 Å². The zero-order valence-electron chi connectivity index (χ0n) is 17.0. The van der Waals surface area contributed by atoms with Crippen LogP contribution in [0, 0.1) is 11.8 Å². The van der Waals surface area contributed by atoms with Crippen molar-refractivity contribution >= 4 is 23.2 Å². The van der Waals surface area contributed by atoms with Crippen molar-refractivity contribution in [1.82, 2.24) is 10.2 Å². The number of thiophene rings is 1. The molecule has 1 N–H and O–H groups in total. The monoisotopic (exact) mass is 398 g/mol. The summed E-state index contributed by atoms with van der Waals surface area (Å²) in [5.74, 6) is 0.807. The number of hydrogen-bond donors (Lipinski definition) is 1. The number of likely N-dealkylation sites (tertiary alicyclic amines) is 1. The molecule has 3 rings (SSSR count). The first kappa shape index (κ1) is 20.6. The fourth-order valence-corrected chi connectivity index (χ4v) is 4.42. The largest absolute Gasteiger partial charge is 0.349 e. The lowest BCUT2D eigenvalue weighted by molar-refractivity contribution is -0.126. The first-order valence-electron chi connectivity index (χ1n) is 10.2. The Balaban J connectivity index is 1.49. The van der Waals surface area contributed by atoms with Crippen molar-refractivity contribution < 1.29 is 9.59 Å². The lowest BCUT2D eigenvalue weighted by Gasteiger charge is -2.31. The Labute approximate surface area is 172 Å². The van der Waals surface area contributed by atoms with Gasteiger partial charge in [-0.2, -0.15) is 0 Å². The van der Waals surface area contributed by atoms with Crippen LogP contribution in [0.5, 0.6) is 0 Å². The van der Waals surface area contributed by atoms with E-state index in [1.54, 1.807) is 0 Å². The number of piperidine rings is 1. The van der Waals surface area contributed by atoms with E-state index in [1.807, 2.05) is 29.3 Å². The quantitative estimate of drug-likeness (QED) is 0.768. The fraction of sp³-hybridized carbons (Fsp3) is 0.478. The third kappa shape index (κ3) is 5.22. The van der Waals surface area contributed by atoms with Crippen molar-refractivity contribution in [3.63, 3.8) is 0 Å². The number of nitrogens with zero attached hydrogens (tertiary/aromatic N) is 1. The van der Waals surface area contributed by atoms with Gasteiger partial charge < -0.3 is 10.2 Å². The molecule has 0 spiro atoms. The molecule has 2 amide bonds. The average molecular weight is 399 g/mol. The van der Waals surface area contributed by atoms with Crippen LogP contribution >= 0.6 is 11.3 Å². The predicted molar refractivity (Wildman–Crippen MR) is 114 cm³/mol. The SMILES string of the molecule is CC(C)Cc1ccc([C@H](C)NC(=O)C2CCN(C(=O)c3cccs3)CC2)cc1. The predicted octanol–water partition coefficient (Wildman–Crippen LogP) is 4.68. The summed E-state index contributed by atoms with van der Waals surface area (Å²) in [6.45, 7) is 7.76. The molecule has 1 aromatic heterocycles. The Morgan fingerprint density at radius 2 is 1.79 bits per heavy atom. The van der Waals surface area contributed by atoms with Gasteiger partial charge in [0, 0.05) is 19.0 Å². The maximum absolute atomic E-state index is 12.7. The van der Waals surface area contributed by atoms with Gasteiger partial charge in [-0.05, 0) is 54.7 Å². The summed E-state index contributed by atoms with van der Waals surface area (Å²) in [4.78, 5) is 27.8. The van der Waals surface area contributed by atoms with Crippen LogP contribution in [-0.4, -0.2) is 29.8 Å². The third-order valence-corrected chi connectivity index (χ3v) is 6.23. The minimum atomic E-state index is -0.0185. The average Bonchev–Trinajstić information content (AvgIpc) is 3.22. The van der Waals surface area contributed by atoms with Crippen LogP contribution in [0.1, 0.15) is 60.5 Å². The standard InChI is InChI=1S/C23H30N2O2S/c1-16(2)15-18-6-8-19(9-7-18)17(3)24-22(26)20-10-12-25(13-11-20)23(27)21-5-4-14-28-21/h4-9,14,16-17,20H,10-13,15H2,1-3H3,(H,24,26)/t17-/m0/s1. The molecule has 2 heterocycles. The van der Waals surface area contributed by atoms with Gasteiger partial charge in [0.2, 0.25) is 5.91 Å². The first-order valence-corrected chi connectivity index (χ1v) is 11.0. The van der Waals surface area contributed by atoms with Gasteiger partial charge >= 0.3 is 0 Å². The van der Waals surface area contributed by atoms with Crippen molar-refractivity contribution in [1.29, 1.82) is 0 Å². The van der Waals surface area contributed by atoms with E-state index < -0.39 is 0 Å². The van der Waals surface area contributed by atoms with Crippen LogP contribution in [0.25, 0.3) is 0 Å². The van der Waals surface area contributed by atoms with Gasteiger partial charge in [-0.25, -0.2) is 0 Å². The molecular weight excluding hydrogens is 368 g/mol. The molecule has 1 fully saturated rings. The molecule has 0 bridgehead atoms. The molecule has 1 atom stereocenters. The number of carbonyl (C=O) groups excluding carboxylic acids is 2. The summed E-state index contributed by atoms with van der Waals surface area (Å²) in [5.41, 5.74) is 2.46. The van der Waals surface area contributed by atoms with Crippen molar-refractivity contribution in [3.05, 3.63) is 57.8 Å². The van der Waals surface area contributed by atoms with Gasteiger partial charge in [0.1, 0.15) is 0 Å². The lowest BCUT2D eigenvalue weighted by atomic mass is 9.94. The molecule has 1 aliphatic rings. The van der Waals surface area contributed by atoms with Gasteiger partial charge in [0.05, 0.1) is 10.9 Å². The molecule has 2 aromatic rings. The summed E-state index contributed by atoms with van der Waals surface area (Å²) in [6.07, 6.45) is 2.52. The number of amides is 2. The molecule has 1 saturated heterocycles. The first-order chi connectivity index (χ1) is 13.4. The highest BCUT2D eigenvalue weighted by Gasteiger charge is 2.28. The highest BCUT2D eigenvalue weighted by atomic mass is 32.1. The van der Waals surface area contributed by atoms with Crippen molar-refractivity contribution in [3.8, 4) is 0 Å². The second kappa shape index (κ2) is 9.37. The highest BCUT2D eigenvalue weighted by molar-refractivity contribution is 7.12. The molecule has 5 heteroatoms. The topological polar surface area (TPSA) is 49.4 Å². The molecule has 0 unspecified atom stereocenters. The molecule has 1 aliphatic heterocycles. The molecule has 150 valence electrons. The summed E-state index contributed by atoms with van der Waals surface area (Å²) in [7, 11) is 0. The van der Waals surface area contributed by atoms with Crippen LogP contribution < -0.4 is 5.32 Å². The number of benzene rings is 1. The van der Waals surface area contributed by atoms with Crippen molar-refractivity contribution in [2.45, 2.75) is 46.1 Å². The van der Waals surface area contributed by atoms with E-state index in [0.29, 0.717) is 19.0 Å². The summed E-state index contributed by atoms with van der Waals surface area (Å²) < 4.78 is 0. The zero-order valence-corrected chi connectivity index (χ0v) is 17.8. The summed E-state index contributed by atoms with van der Waals surface area (Å²) in [5, 5.41) is 5.08. The number of hydrogen-bond acceptors (Lipinski definition) is 3. The minimum absolute atomic E-state index is 0.00798. The van der Waals surface area contributed by atoms with E-state index in [-0.39, 0.29) is 23.8 Å². The van der Waals surface area contributed by atoms with Crippen LogP contribution in [0.15, 0.2) is 41.8 Å². The number of nitrogens with one attached hydrogen (secondary N) is 1. The van der Waals surface area contributed by atoms with Gasteiger partial charge in [-0.3, -0.25) is 9.59 Å². The lowest BCUT2D eigenvalue weighted by Crippen LogP contribution is -2.43. The van der Waals surface area contributed by atoms with E-state index in [9.17, 15) is 9.59 Å². The minimum Gasteiger partial charge on any atom is -0.349 e. The molecule has 0 saturated carbocycles. The van der Waals surface area contributed by atoms with Gasteiger partial charge in [0.15, 0.2) is 0 Å². The van der Waals surface area contributed by atoms with Crippen LogP contribution in [0.3, 0.4) is 0 Å². The van der Waals surface area contributed by atoms with Gasteiger partial charge in [-0.15, -0.1) is 11.3 Å². The normalized spacial score (nSPS) is 16.2. The Morgan fingerprint density at radius 1 is 1.11 bits per heavy atom. The number of rotatable bonds is 6. The summed E-state index contributed by atoms with van der Waals surface area (Å²) >= 11 is 1.47. The van der Waals surface area contributed by atoms with Crippen molar-refractivity contribution in [2.24, 2.45) is 11.8 Å². The zero-order chi connectivity index (χ0) is 20.1. The molecular formula is C23H30N2O2S. The number of carbonyl (C=O) groups is 2. The second-order valence-electron chi connectivity index (χ2n) is 8.11. The van der Waals surface area contributed by atoms with Gasteiger partial charge in [-0.1, -0.05) is 44.2 Å². The Kier molecular flexibility index (Phi) is 6.89. The highest BCUT2D eigenvalue weighted by Crippen LogP contribution is 2.22. The van der Waals surface area contributed by atoms with E-state index >= 15 is 0 Å². The molecule has 28 heavy (non-hydrogen) atoms. The Bertz CT molecular complexity index is 775. The third-order valence-electron chi connectivity index (χ3n) is 5.37. The van der Waals surface area contributed by atoms with Crippen LogP contribution in [0.4, 0.5) is 0 Å². The molecule has 0 radical (unpaired) electrons. The van der Waals surface area contributed by atoms with E-state index in [1.165, 1.54) is 16.9 Å². The van der Waals surface area contributed by atoms with E-state index in [4.69, 9.17) is 0 Å². The fourth-order valence-electron chi connectivity index (χ4n) is 3.73. The Morgan fingerprint density at radius 3 is 2.36 bits per heavy atom. The van der Waals surface area contributed by atoms with E-state index in [0.717, 1.165) is 29.7 Å². The Hall–Kier alpha value is -2.14. The smallest absolute Gasteiger partial charge is 0.263 e. The van der Waals surface area contributed by atoms with Gasteiger partial charge in [0.25, 0.3) is 5.91 Å². The second-order valence-corrected chi connectivity index (χ2v) is 9.06.